The number of rotatable bonds is 6. The van der Waals surface area contributed by atoms with Crippen molar-refractivity contribution in [3.8, 4) is 0 Å². The second-order valence-electron chi connectivity index (χ2n) is 4.68. The molecule has 1 nitrogen and oxygen atoms in total. The number of hydrogen-bond acceptors (Lipinski definition) is 2. The van der Waals surface area contributed by atoms with Crippen LogP contribution in [0.25, 0.3) is 0 Å². The molecule has 1 N–H and O–H groups in total. The van der Waals surface area contributed by atoms with Crippen LogP contribution in [0.1, 0.15) is 24.1 Å². The van der Waals surface area contributed by atoms with Crippen LogP contribution in [0.4, 0.5) is 0 Å². The van der Waals surface area contributed by atoms with Crippen molar-refractivity contribution in [3.05, 3.63) is 64.1 Å². The zero-order chi connectivity index (χ0) is 14.4. The number of nitrogens with one attached hydrogen (secondary N) is 1. The van der Waals surface area contributed by atoms with Crippen molar-refractivity contribution < 1.29 is 0 Å². The van der Waals surface area contributed by atoms with Crippen LogP contribution in [0.2, 0.25) is 0 Å². The molecular weight excluding hydrogens is 330 g/mol. The van der Waals surface area contributed by atoms with Crippen molar-refractivity contribution in [1.82, 2.24) is 5.32 Å². The zero-order valence-corrected chi connectivity index (χ0v) is 14.3. The maximum atomic E-state index is 3.61. The van der Waals surface area contributed by atoms with E-state index >= 15 is 0 Å². The standard InChI is InChI=1S/C17H20BrNS/c1-3-13-7-6-8-14(11-13)16(19-2)12-20-17-10-5-4-9-15(17)18/h4-11,16,19H,3,12H2,1-2H3. The lowest BCUT2D eigenvalue weighted by atomic mass is 10.0. The lowest BCUT2D eigenvalue weighted by Crippen LogP contribution is -2.18. The minimum Gasteiger partial charge on any atom is -0.312 e. The highest BCUT2D eigenvalue weighted by molar-refractivity contribution is 9.10. The lowest BCUT2D eigenvalue weighted by molar-refractivity contribution is 0.661. The molecule has 106 valence electrons. The number of benzene rings is 2. The molecule has 0 bridgehead atoms. The molecule has 0 heterocycles. The second-order valence-corrected chi connectivity index (χ2v) is 6.60. The molecule has 2 aromatic carbocycles. The Labute approximate surface area is 134 Å². The van der Waals surface area contributed by atoms with Gasteiger partial charge in [-0.15, -0.1) is 11.8 Å². The van der Waals surface area contributed by atoms with Crippen LogP contribution in [0.5, 0.6) is 0 Å². The Hall–Kier alpha value is -0.770. The Morgan fingerprint density at radius 3 is 2.65 bits per heavy atom. The van der Waals surface area contributed by atoms with Gasteiger partial charge in [0.2, 0.25) is 0 Å². The van der Waals surface area contributed by atoms with Crippen molar-refractivity contribution in [3.63, 3.8) is 0 Å². The quantitative estimate of drug-likeness (QED) is 0.731. The fourth-order valence-electron chi connectivity index (χ4n) is 2.11. The van der Waals surface area contributed by atoms with Gasteiger partial charge in [0, 0.05) is 21.2 Å². The van der Waals surface area contributed by atoms with Gasteiger partial charge in [-0.3, -0.25) is 0 Å². The Kier molecular flexibility index (Phi) is 6.14. The first-order valence-corrected chi connectivity index (χ1v) is 8.66. The molecule has 0 saturated heterocycles. The molecule has 0 aliphatic carbocycles. The molecule has 20 heavy (non-hydrogen) atoms. The average Bonchev–Trinajstić information content (AvgIpc) is 2.50. The smallest absolute Gasteiger partial charge is 0.0413 e. The van der Waals surface area contributed by atoms with E-state index in [0.29, 0.717) is 6.04 Å². The van der Waals surface area contributed by atoms with Crippen molar-refractivity contribution in [2.45, 2.75) is 24.3 Å². The van der Waals surface area contributed by atoms with Gasteiger partial charge in [0.25, 0.3) is 0 Å². The molecule has 0 radical (unpaired) electrons. The number of thioether (sulfide) groups is 1. The van der Waals surface area contributed by atoms with Gasteiger partial charge in [-0.2, -0.15) is 0 Å². The molecule has 0 aromatic heterocycles. The van der Waals surface area contributed by atoms with Crippen LogP contribution in [-0.2, 0) is 6.42 Å². The second kappa shape index (κ2) is 7.87. The third-order valence-electron chi connectivity index (χ3n) is 3.35. The summed E-state index contributed by atoms with van der Waals surface area (Å²) in [5.74, 6) is 1.02. The summed E-state index contributed by atoms with van der Waals surface area (Å²) in [6.07, 6.45) is 1.08. The predicted molar refractivity (Wildman–Crippen MR) is 92.5 cm³/mol. The monoisotopic (exact) mass is 349 g/mol. The highest BCUT2D eigenvalue weighted by Gasteiger charge is 2.11. The Morgan fingerprint density at radius 2 is 1.95 bits per heavy atom. The number of aryl methyl sites for hydroxylation is 1. The number of halogens is 1. The van der Waals surface area contributed by atoms with Crippen LogP contribution in [0, 0.1) is 0 Å². The maximum absolute atomic E-state index is 3.61. The summed E-state index contributed by atoms with van der Waals surface area (Å²) in [5.41, 5.74) is 2.76. The van der Waals surface area contributed by atoms with Gasteiger partial charge in [-0.1, -0.05) is 43.3 Å². The van der Waals surface area contributed by atoms with Crippen molar-refractivity contribution in [2.75, 3.05) is 12.8 Å². The molecule has 2 rings (SSSR count). The summed E-state index contributed by atoms with van der Waals surface area (Å²) >= 11 is 5.48. The maximum Gasteiger partial charge on any atom is 0.0413 e. The van der Waals surface area contributed by atoms with Gasteiger partial charge in [0.1, 0.15) is 0 Å². The highest BCUT2D eigenvalue weighted by Crippen LogP contribution is 2.30. The molecule has 0 fully saturated rings. The van der Waals surface area contributed by atoms with E-state index in [-0.39, 0.29) is 0 Å². The van der Waals surface area contributed by atoms with Crippen LogP contribution in [-0.4, -0.2) is 12.8 Å². The summed E-state index contributed by atoms with van der Waals surface area (Å²) in [6.45, 7) is 2.20. The fraction of sp³-hybridized carbons (Fsp3) is 0.294. The third kappa shape index (κ3) is 4.11. The lowest BCUT2D eigenvalue weighted by Gasteiger charge is -2.17. The SMILES string of the molecule is CCc1cccc(C(CSc2ccccc2Br)NC)c1. The van der Waals surface area contributed by atoms with E-state index in [4.69, 9.17) is 0 Å². The van der Waals surface area contributed by atoms with Crippen LogP contribution in [0.15, 0.2) is 57.9 Å². The molecule has 0 aliphatic rings. The molecule has 2 aromatic rings. The van der Waals surface area contributed by atoms with Crippen molar-refractivity contribution >= 4 is 27.7 Å². The summed E-state index contributed by atoms with van der Waals surface area (Å²) < 4.78 is 1.17. The van der Waals surface area contributed by atoms with Crippen molar-refractivity contribution in [1.29, 1.82) is 0 Å². The summed E-state index contributed by atoms with van der Waals surface area (Å²) in [4.78, 5) is 1.29. The van der Waals surface area contributed by atoms with E-state index < -0.39 is 0 Å². The molecule has 0 amide bonds. The van der Waals surface area contributed by atoms with E-state index in [1.54, 1.807) is 0 Å². The van der Waals surface area contributed by atoms with Gasteiger partial charge in [-0.05, 0) is 52.7 Å². The fourth-order valence-corrected chi connectivity index (χ4v) is 3.83. The molecule has 1 unspecified atom stereocenters. The normalized spacial score (nSPS) is 12.3. The van der Waals surface area contributed by atoms with Crippen molar-refractivity contribution in [2.24, 2.45) is 0 Å². The first kappa shape index (κ1) is 15.6. The molecular formula is C17H20BrNS. The molecule has 1 atom stereocenters. The molecule has 0 saturated carbocycles. The van der Waals surface area contributed by atoms with Gasteiger partial charge < -0.3 is 5.32 Å². The summed E-state index contributed by atoms with van der Waals surface area (Å²) in [7, 11) is 2.03. The average molecular weight is 350 g/mol. The van der Waals surface area contributed by atoms with Crippen LogP contribution < -0.4 is 5.32 Å². The minimum absolute atomic E-state index is 0.374. The van der Waals surface area contributed by atoms with E-state index in [1.165, 1.54) is 20.5 Å². The third-order valence-corrected chi connectivity index (χ3v) is 5.47. The zero-order valence-electron chi connectivity index (χ0n) is 11.9. The topological polar surface area (TPSA) is 12.0 Å². The van der Waals surface area contributed by atoms with Crippen LogP contribution >= 0.6 is 27.7 Å². The van der Waals surface area contributed by atoms with Crippen LogP contribution in [0.3, 0.4) is 0 Å². The van der Waals surface area contributed by atoms with Gasteiger partial charge in [-0.25, -0.2) is 0 Å². The summed E-state index contributed by atoms with van der Waals surface area (Å²) in [6, 6.07) is 17.6. The Bertz CT molecular complexity index is 556. The van der Waals surface area contributed by atoms with Gasteiger partial charge in [0.05, 0.1) is 0 Å². The Balaban J connectivity index is 2.07. The van der Waals surface area contributed by atoms with E-state index in [1.807, 2.05) is 18.8 Å². The summed E-state index contributed by atoms with van der Waals surface area (Å²) in [5, 5.41) is 3.42. The van der Waals surface area contributed by atoms with Gasteiger partial charge >= 0.3 is 0 Å². The van der Waals surface area contributed by atoms with E-state index in [2.05, 4.69) is 76.7 Å². The molecule has 0 spiro atoms. The highest BCUT2D eigenvalue weighted by atomic mass is 79.9. The largest absolute Gasteiger partial charge is 0.312 e. The number of hydrogen-bond donors (Lipinski definition) is 1. The van der Waals surface area contributed by atoms with E-state index in [0.717, 1.165) is 12.2 Å². The molecule has 3 heteroatoms. The first-order chi connectivity index (χ1) is 9.74. The Morgan fingerprint density at radius 1 is 1.15 bits per heavy atom. The minimum atomic E-state index is 0.374. The predicted octanol–water partition coefficient (Wildman–Crippen LogP) is 5.06. The van der Waals surface area contributed by atoms with Gasteiger partial charge in [0.15, 0.2) is 0 Å². The first-order valence-electron chi connectivity index (χ1n) is 6.88. The van der Waals surface area contributed by atoms with E-state index in [9.17, 15) is 0 Å². The molecule has 0 aliphatic heterocycles.